The lowest BCUT2D eigenvalue weighted by atomic mass is 10.1. The molecule has 6 nitrogen and oxygen atoms in total. The van der Waals surface area contributed by atoms with E-state index in [-0.39, 0.29) is 5.02 Å². The summed E-state index contributed by atoms with van der Waals surface area (Å²) in [7, 11) is 0. The first-order valence-corrected chi connectivity index (χ1v) is 8.65. The largest absolute Gasteiger partial charge is 0.364 e. The van der Waals surface area contributed by atoms with Crippen LogP contribution in [0.15, 0.2) is 49.1 Å². The molecular formula is C19H15ClFN5O. The van der Waals surface area contributed by atoms with Crippen LogP contribution in [0.25, 0.3) is 28.2 Å². The van der Waals surface area contributed by atoms with E-state index in [0.717, 1.165) is 11.3 Å². The molecule has 0 aliphatic carbocycles. The Bertz CT molecular complexity index is 1180. The van der Waals surface area contributed by atoms with Crippen LogP contribution in [0.1, 0.15) is 17.4 Å². The number of amides is 1. The van der Waals surface area contributed by atoms with Gasteiger partial charge in [0.15, 0.2) is 0 Å². The van der Waals surface area contributed by atoms with Crippen molar-refractivity contribution in [3.05, 3.63) is 65.6 Å². The van der Waals surface area contributed by atoms with E-state index in [2.05, 4.69) is 9.97 Å². The van der Waals surface area contributed by atoms with Gasteiger partial charge in [-0.25, -0.2) is 14.4 Å². The standard InChI is InChI=1S/C19H15ClFN5O/c1-2-25-10-24-17(11-3-5-14(21)13(20)7-11)18(25)12-4-6-16-23-8-15(19(22)27)26(16)9-12/h3-10H,2H2,1H3,(H2,22,27). The Kier molecular flexibility index (Phi) is 4.16. The van der Waals surface area contributed by atoms with Gasteiger partial charge in [0, 0.05) is 23.9 Å². The summed E-state index contributed by atoms with van der Waals surface area (Å²) < 4.78 is 17.2. The molecule has 0 aliphatic heterocycles. The number of imidazole rings is 2. The van der Waals surface area contributed by atoms with Gasteiger partial charge in [-0.15, -0.1) is 0 Å². The number of hydrogen-bond donors (Lipinski definition) is 1. The Balaban J connectivity index is 1.94. The van der Waals surface area contributed by atoms with Crippen molar-refractivity contribution in [1.82, 2.24) is 18.9 Å². The zero-order valence-corrected chi connectivity index (χ0v) is 15.1. The molecule has 0 fully saturated rings. The second-order valence-corrected chi connectivity index (χ2v) is 6.42. The molecule has 4 aromatic rings. The monoisotopic (exact) mass is 383 g/mol. The van der Waals surface area contributed by atoms with E-state index in [4.69, 9.17) is 17.3 Å². The van der Waals surface area contributed by atoms with Gasteiger partial charge in [-0.05, 0) is 37.3 Å². The highest BCUT2D eigenvalue weighted by atomic mass is 35.5. The summed E-state index contributed by atoms with van der Waals surface area (Å²) in [6, 6.07) is 8.20. The third kappa shape index (κ3) is 2.86. The van der Waals surface area contributed by atoms with Crippen LogP contribution in [0, 0.1) is 5.82 Å². The van der Waals surface area contributed by atoms with Crippen LogP contribution in [0.5, 0.6) is 0 Å². The predicted octanol–water partition coefficient (Wildman–Crippen LogP) is 3.78. The van der Waals surface area contributed by atoms with E-state index in [0.29, 0.717) is 29.1 Å². The molecule has 3 heterocycles. The molecule has 136 valence electrons. The normalized spacial score (nSPS) is 11.2. The summed E-state index contributed by atoms with van der Waals surface area (Å²) in [6.07, 6.45) is 4.95. The molecule has 0 spiro atoms. The number of benzene rings is 1. The fraction of sp³-hybridized carbons (Fsp3) is 0.105. The number of nitrogens with two attached hydrogens (primary N) is 1. The number of carbonyl (C=O) groups is 1. The number of hydrogen-bond acceptors (Lipinski definition) is 3. The summed E-state index contributed by atoms with van der Waals surface area (Å²) in [5, 5.41) is 0.0329. The Morgan fingerprint density at radius 1 is 1.22 bits per heavy atom. The molecule has 1 amide bonds. The number of primary amides is 1. The molecule has 0 aliphatic rings. The van der Waals surface area contributed by atoms with Crippen molar-refractivity contribution in [3.63, 3.8) is 0 Å². The van der Waals surface area contributed by atoms with Gasteiger partial charge in [-0.2, -0.15) is 0 Å². The lowest BCUT2D eigenvalue weighted by molar-refractivity contribution is 0.0995. The van der Waals surface area contributed by atoms with Crippen LogP contribution >= 0.6 is 11.6 Å². The van der Waals surface area contributed by atoms with E-state index in [1.54, 1.807) is 35.1 Å². The topological polar surface area (TPSA) is 78.2 Å². The smallest absolute Gasteiger partial charge is 0.267 e. The van der Waals surface area contributed by atoms with Gasteiger partial charge >= 0.3 is 0 Å². The zero-order valence-electron chi connectivity index (χ0n) is 14.4. The molecule has 0 atom stereocenters. The second kappa shape index (κ2) is 6.51. The highest BCUT2D eigenvalue weighted by Crippen LogP contribution is 2.33. The number of pyridine rings is 1. The van der Waals surface area contributed by atoms with Crippen LogP contribution in [0.3, 0.4) is 0 Å². The van der Waals surface area contributed by atoms with Gasteiger partial charge in [0.25, 0.3) is 5.91 Å². The minimum absolute atomic E-state index is 0.0329. The van der Waals surface area contributed by atoms with Crippen molar-refractivity contribution in [2.24, 2.45) is 5.73 Å². The molecule has 1 aromatic carbocycles. The number of aryl methyl sites for hydroxylation is 1. The first kappa shape index (κ1) is 17.2. The molecule has 0 bridgehead atoms. The Hall–Kier alpha value is -3.19. The van der Waals surface area contributed by atoms with E-state index in [1.165, 1.54) is 12.3 Å². The number of halogens is 2. The second-order valence-electron chi connectivity index (χ2n) is 6.01. The fourth-order valence-corrected chi connectivity index (χ4v) is 3.26. The van der Waals surface area contributed by atoms with Crippen molar-refractivity contribution in [3.8, 4) is 22.5 Å². The van der Waals surface area contributed by atoms with Gasteiger partial charge in [0.05, 0.1) is 28.9 Å². The van der Waals surface area contributed by atoms with Gasteiger partial charge in [-0.1, -0.05) is 11.6 Å². The van der Waals surface area contributed by atoms with Gasteiger partial charge in [0.2, 0.25) is 0 Å². The molecule has 0 saturated heterocycles. The van der Waals surface area contributed by atoms with Crippen molar-refractivity contribution in [2.45, 2.75) is 13.5 Å². The molecular weight excluding hydrogens is 369 g/mol. The van der Waals surface area contributed by atoms with E-state index >= 15 is 0 Å². The van der Waals surface area contributed by atoms with Crippen molar-refractivity contribution < 1.29 is 9.18 Å². The number of fused-ring (bicyclic) bond motifs is 1. The van der Waals surface area contributed by atoms with Crippen LogP contribution in [-0.4, -0.2) is 24.8 Å². The molecule has 27 heavy (non-hydrogen) atoms. The highest BCUT2D eigenvalue weighted by molar-refractivity contribution is 6.31. The van der Waals surface area contributed by atoms with Crippen LogP contribution in [0.2, 0.25) is 5.02 Å². The number of nitrogens with zero attached hydrogens (tertiary/aromatic N) is 4. The average Bonchev–Trinajstić information content (AvgIpc) is 3.27. The quantitative estimate of drug-likeness (QED) is 0.582. The molecule has 2 N–H and O–H groups in total. The summed E-state index contributed by atoms with van der Waals surface area (Å²) in [4.78, 5) is 20.3. The minimum atomic E-state index is -0.561. The summed E-state index contributed by atoms with van der Waals surface area (Å²) in [5.41, 5.74) is 9.35. The third-order valence-corrected chi connectivity index (χ3v) is 4.69. The number of rotatable bonds is 4. The lowest BCUT2D eigenvalue weighted by Crippen LogP contribution is -2.13. The molecule has 4 rings (SSSR count). The first-order chi connectivity index (χ1) is 13.0. The van der Waals surface area contributed by atoms with Crippen molar-refractivity contribution in [1.29, 1.82) is 0 Å². The number of carbonyl (C=O) groups excluding carboxylic acids is 1. The summed E-state index contributed by atoms with van der Waals surface area (Å²) in [6.45, 7) is 2.68. The fourth-order valence-electron chi connectivity index (χ4n) is 3.08. The van der Waals surface area contributed by atoms with E-state index in [1.807, 2.05) is 17.6 Å². The molecule has 0 saturated carbocycles. The molecule has 0 radical (unpaired) electrons. The Morgan fingerprint density at radius 2 is 2.00 bits per heavy atom. The van der Waals surface area contributed by atoms with E-state index in [9.17, 15) is 9.18 Å². The summed E-state index contributed by atoms with van der Waals surface area (Å²) in [5.74, 6) is -1.04. The van der Waals surface area contributed by atoms with Crippen molar-refractivity contribution >= 4 is 23.2 Å². The van der Waals surface area contributed by atoms with Crippen molar-refractivity contribution in [2.75, 3.05) is 0 Å². The Morgan fingerprint density at radius 3 is 2.70 bits per heavy atom. The van der Waals surface area contributed by atoms with Gasteiger partial charge in [0.1, 0.15) is 17.2 Å². The molecule has 0 unspecified atom stereocenters. The van der Waals surface area contributed by atoms with Gasteiger partial charge < -0.3 is 10.3 Å². The predicted molar refractivity (Wildman–Crippen MR) is 101 cm³/mol. The number of aromatic nitrogens is 4. The third-order valence-electron chi connectivity index (χ3n) is 4.40. The minimum Gasteiger partial charge on any atom is -0.364 e. The first-order valence-electron chi connectivity index (χ1n) is 8.27. The average molecular weight is 384 g/mol. The Labute approximate surface area is 159 Å². The van der Waals surface area contributed by atoms with Gasteiger partial charge in [-0.3, -0.25) is 9.20 Å². The molecule has 3 aromatic heterocycles. The maximum absolute atomic E-state index is 13.6. The maximum atomic E-state index is 13.6. The van der Waals surface area contributed by atoms with E-state index < -0.39 is 11.7 Å². The summed E-state index contributed by atoms with van der Waals surface area (Å²) >= 11 is 5.95. The zero-order chi connectivity index (χ0) is 19.1. The lowest BCUT2D eigenvalue weighted by Gasteiger charge is -2.10. The highest BCUT2D eigenvalue weighted by Gasteiger charge is 2.17. The van der Waals surface area contributed by atoms with Crippen LogP contribution in [-0.2, 0) is 6.54 Å². The molecule has 8 heteroatoms. The van der Waals surface area contributed by atoms with Crippen LogP contribution < -0.4 is 5.73 Å². The SMILES string of the molecule is CCn1cnc(-c2ccc(F)c(Cl)c2)c1-c1ccc2ncc(C(N)=O)n2c1. The maximum Gasteiger partial charge on any atom is 0.267 e. The van der Waals surface area contributed by atoms with Crippen LogP contribution in [0.4, 0.5) is 4.39 Å².